The van der Waals surface area contributed by atoms with Crippen LogP contribution in [0.3, 0.4) is 0 Å². The summed E-state index contributed by atoms with van der Waals surface area (Å²) in [5.74, 6) is 0. The van der Waals surface area contributed by atoms with Gasteiger partial charge in [-0.3, -0.25) is 10.1 Å². The van der Waals surface area contributed by atoms with Crippen LogP contribution in [0.4, 0.5) is 5.69 Å². The first kappa shape index (κ1) is 16.4. The number of nitrogens with two attached hydrogens (primary N) is 1. The maximum Gasteiger partial charge on any atom is 0.288 e. The minimum Gasteiger partial charge on any atom is -0.396 e. The third kappa shape index (κ3) is 3.69. The molecule has 1 atom stereocenters. The standard InChI is InChI=1S/C9H10Cl2N2O3.ClH/c10-5-1-2-7(13(15)16)9(11)8(5)6(12)3-4-14;/h1-2,6,14H,3-4,12H2;1H. The zero-order chi connectivity index (χ0) is 12.3. The first-order chi connectivity index (χ1) is 7.49. The largest absolute Gasteiger partial charge is 0.396 e. The summed E-state index contributed by atoms with van der Waals surface area (Å²) in [5.41, 5.74) is 5.78. The van der Waals surface area contributed by atoms with Gasteiger partial charge in [0.2, 0.25) is 0 Å². The minimum atomic E-state index is -0.620. The Bertz CT molecular complexity index is 415. The zero-order valence-electron chi connectivity index (χ0n) is 8.60. The van der Waals surface area contributed by atoms with Gasteiger partial charge in [0.05, 0.1) is 4.92 Å². The van der Waals surface area contributed by atoms with Gasteiger partial charge >= 0.3 is 0 Å². The summed E-state index contributed by atoms with van der Waals surface area (Å²) in [6.07, 6.45) is 0.237. The van der Waals surface area contributed by atoms with Gasteiger partial charge in [0.15, 0.2) is 0 Å². The van der Waals surface area contributed by atoms with Gasteiger partial charge in [-0.05, 0) is 12.5 Å². The van der Waals surface area contributed by atoms with Gasteiger partial charge in [-0.2, -0.15) is 0 Å². The number of rotatable bonds is 4. The molecular weight excluding hydrogens is 290 g/mol. The van der Waals surface area contributed by atoms with E-state index in [-0.39, 0.29) is 41.2 Å². The number of hydrogen-bond donors (Lipinski definition) is 2. The molecule has 1 rings (SSSR count). The molecule has 0 amide bonds. The highest BCUT2D eigenvalue weighted by Crippen LogP contribution is 2.36. The van der Waals surface area contributed by atoms with Crippen molar-refractivity contribution in [2.24, 2.45) is 5.73 Å². The number of hydrogen-bond acceptors (Lipinski definition) is 4. The van der Waals surface area contributed by atoms with Gasteiger partial charge in [0, 0.05) is 29.3 Å². The van der Waals surface area contributed by atoms with Crippen LogP contribution in [0, 0.1) is 10.1 Å². The Morgan fingerprint density at radius 1 is 1.47 bits per heavy atom. The molecule has 0 saturated heterocycles. The molecule has 0 aliphatic rings. The highest BCUT2D eigenvalue weighted by molar-refractivity contribution is 6.37. The van der Waals surface area contributed by atoms with Crippen molar-refractivity contribution in [3.63, 3.8) is 0 Å². The maximum absolute atomic E-state index is 10.7. The van der Waals surface area contributed by atoms with E-state index in [1.807, 2.05) is 0 Å². The first-order valence-electron chi connectivity index (χ1n) is 4.47. The van der Waals surface area contributed by atoms with E-state index in [1.165, 1.54) is 12.1 Å². The monoisotopic (exact) mass is 300 g/mol. The topological polar surface area (TPSA) is 89.4 Å². The summed E-state index contributed by atoms with van der Waals surface area (Å²) < 4.78 is 0. The fourth-order valence-electron chi connectivity index (χ4n) is 1.32. The summed E-state index contributed by atoms with van der Waals surface area (Å²) in [7, 11) is 0. The Morgan fingerprint density at radius 2 is 2.06 bits per heavy atom. The first-order valence-corrected chi connectivity index (χ1v) is 5.23. The highest BCUT2D eigenvalue weighted by Gasteiger charge is 2.22. The highest BCUT2D eigenvalue weighted by atomic mass is 35.5. The molecule has 3 N–H and O–H groups in total. The zero-order valence-corrected chi connectivity index (χ0v) is 10.9. The lowest BCUT2D eigenvalue weighted by molar-refractivity contribution is -0.384. The molecule has 0 saturated carbocycles. The molecule has 17 heavy (non-hydrogen) atoms. The second kappa shape index (κ2) is 6.98. The molecule has 1 aromatic carbocycles. The van der Waals surface area contributed by atoms with Crippen molar-refractivity contribution >= 4 is 41.3 Å². The minimum absolute atomic E-state index is 0. The van der Waals surface area contributed by atoms with Crippen LogP contribution in [0.15, 0.2) is 12.1 Å². The second-order valence-corrected chi connectivity index (χ2v) is 3.96. The van der Waals surface area contributed by atoms with Crippen LogP contribution in [0.1, 0.15) is 18.0 Å². The number of benzene rings is 1. The fourth-order valence-corrected chi connectivity index (χ4v) is 2.04. The molecule has 0 bridgehead atoms. The van der Waals surface area contributed by atoms with Crippen LogP contribution in [0.2, 0.25) is 10.0 Å². The SMILES string of the molecule is Cl.NC(CCO)c1c(Cl)ccc([N+](=O)[O-])c1Cl. The van der Waals surface area contributed by atoms with E-state index in [1.54, 1.807) is 0 Å². The van der Waals surface area contributed by atoms with Crippen LogP contribution in [0.25, 0.3) is 0 Å². The Labute approximate surface area is 114 Å². The van der Waals surface area contributed by atoms with E-state index in [9.17, 15) is 10.1 Å². The predicted molar refractivity (Wildman–Crippen MR) is 69.0 cm³/mol. The Hall–Kier alpha value is -0.590. The van der Waals surface area contributed by atoms with Crippen LogP contribution in [-0.2, 0) is 0 Å². The van der Waals surface area contributed by atoms with E-state index >= 15 is 0 Å². The van der Waals surface area contributed by atoms with Crippen molar-refractivity contribution in [1.82, 2.24) is 0 Å². The van der Waals surface area contributed by atoms with E-state index < -0.39 is 11.0 Å². The molecule has 0 spiro atoms. The molecule has 0 radical (unpaired) electrons. The lowest BCUT2D eigenvalue weighted by Crippen LogP contribution is -2.13. The van der Waals surface area contributed by atoms with Crippen molar-refractivity contribution in [1.29, 1.82) is 0 Å². The number of aliphatic hydroxyl groups excluding tert-OH is 1. The smallest absolute Gasteiger partial charge is 0.288 e. The van der Waals surface area contributed by atoms with Gasteiger partial charge in [0.25, 0.3) is 5.69 Å². The fraction of sp³-hybridized carbons (Fsp3) is 0.333. The summed E-state index contributed by atoms with van der Waals surface area (Å²) in [6, 6.07) is 1.97. The molecule has 1 aromatic rings. The molecule has 5 nitrogen and oxygen atoms in total. The molecule has 0 aliphatic heterocycles. The van der Waals surface area contributed by atoms with Gasteiger partial charge in [-0.1, -0.05) is 23.2 Å². The van der Waals surface area contributed by atoms with E-state index in [4.69, 9.17) is 34.0 Å². The lowest BCUT2D eigenvalue weighted by atomic mass is 10.0. The molecule has 1 unspecified atom stereocenters. The van der Waals surface area contributed by atoms with Crippen molar-refractivity contribution in [2.45, 2.75) is 12.5 Å². The number of halogens is 3. The Balaban J connectivity index is 0.00000256. The van der Waals surface area contributed by atoms with Crippen molar-refractivity contribution in [2.75, 3.05) is 6.61 Å². The molecule has 0 fully saturated rings. The molecule has 0 aliphatic carbocycles. The quantitative estimate of drug-likeness (QED) is 0.661. The molecule has 0 aromatic heterocycles. The van der Waals surface area contributed by atoms with Crippen LogP contribution >= 0.6 is 35.6 Å². The van der Waals surface area contributed by atoms with Crippen LogP contribution in [-0.4, -0.2) is 16.6 Å². The summed E-state index contributed by atoms with van der Waals surface area (Å²) in [6.45, 7) is -0.142. The average molecular weight is 302 g/mol. The predicted octanol–water partition coefficient (Wildman–Crippen LogP) is 2.71. The van der Waals surface area contributed by atoms with Gasteiger partial charge < -0.3 is 10.8 Å². The second-order valence-electron chi connectivity index (χ2n) is 3.17. The molecule has 0 heterocycles. The summed E-state index contributed by atoms with van der Waals surface area (Å²) in [5, 5.41) is 19.6. The lowest BCUT2D eigenvalue weighted by Gasteiger charge is -2.14. The Kier molecular flexibility index (Phi) is 6.74. The number of nitro groups is 1. The number of nitrogens with zero attached hydrogens (tertiary/aromatic N) is 1. The number of aliphatic hydroxyl groups is 1. The number of nitro benzene ring substituents is 1. The van der Waals surface area contributed by atoms with Crippen LogP contribution < -0.4 is 5.73 Å². The molecular formula is C9H11Cl3N2O3. The van der Waals surface area contributed by atoms with Gasteiger partial charge in [-0.25, -0.2) is 0 Å². The third-order valence-electron chi connectivity index (χ3n) is 2.11. The van der Waals surface area contributed by atoms with Crippen molar-refractivity contribution < 1.29 is 10.0 Å². The maximum atomic E-state index is 10.7. The van der Waals surface area contributed by atoms with E-state index in [0.717, 1.165) is 0 Å². The van der Waals surface area contributed by atoms with Crippen molar-refractivity contribution in [3.05, 3.63) is 37.9 Å². The summed E-state index contributed by atoms with van der Waals surface area (Å²) in [4.78, 5) is 10.1. The van der Waals surface area contributed by atoms with E-state index in [0.29, 0.717) is 5.56 Å². The normalized spacial score (nSPS) is 11.8. The summed E-state index contributed by atoms with van der Waals surface area (Å²) >= 11 is 11.7. The Morgan fingerprint density at radius 3 is 2.53 bits per heavy atom. The van der Waals surface area contributed by atoms with Crippen molar-refractivity contribution in [3.8, 4) is 0 Å². The molecule has 96 valence electrons. The van der Waals surface area contributed by atoms with Gasteiger partial charge in [-0.15, -0.1) is 12.4 Å². The van der Waals surface area contributed by atoms with Gasteiger partial charge in [0.1, 0.15) is 5.02 Å². The third-order valence-corrected chi connectivity index (χ3v) is 2.84. The average Bonchev–Trinajstić information content (AvgIpc) is 2.17. The van der Waals surface area contributed by atoms with Crippen LogP contribution in [0.5, 0.6) is 0 Å². The molecule has 8 heteroatoms. The van der Waals surface area contributed by atoms with E-state index in [2.05, 4.69) is 0 Å².